The summed E-state index contributed by atoms with van der Waals surface area (Å²) < 4.78 is 9.39. The normalized spacial score (nSPS) is 18.6. The molecule has 6 nitrogen and oxygen atoms in total. The lowest BCUT2D eigenvalue weighted by Crippen LogP contribution is -2.12. The Bertz CT molecular complexity index is 769. The first kappa shape index (κ1) is 12.5. The summed E-state index contributed by atoms with van der Waals surface area (Å²) >= 11 is 0. The van der Waals surface area contributed by atoms with Crippen LogP contribution in [0, 0.1) is 0 Å². The van der Waals surface area contributed by atoms with Crippen molar-refractivity contribution in [2.45, 2.75) is 25.8 Å². The van der Waals surface area contributed by atoms with Gasteiger partial charge in [-0.25, -0.2) is 14.2 Å². The molecule has 0 radical (unpaired) electrons. The minimum Gasteiger partial charge on any atom is -0.379 e. The Morgan fingerprint density at radius 2 is 2.33 bits per heavy atom. The van der Waals surface area contributed by atoms with E-state index in [1.54, 1.807) is 6.20 Å². The van der Waals surface area contributed by atoms with Gasteiger partial charge in [-0.2, -0.15) is 10.2 Å². The van der Waals surface area contributed by atoms with Crippen molar-refractivity contribution in [1.29, 1.82) is 0 Å². The van der Waals surface area contributed by atoms with Gasteiger partial charge in [0, 0.05) is 31.0 Å². The average molecular weight is 283 g/mol. The third-order valence-electron chi connectivity index (χ3n) is 3.90. The predicted octanol–water partition coefficient (Wildman–Crippen LogP) is 2.12. The minimum absolute atomic E-state index is 0.286. The fourth-order valence-electron chi connectivity index (χ4n) is 2.74. The maximum absolute atomic E-state index is 5.50. The van der Waals surface area contributed by atoms with Crippen LogP contribution in [0.3, 0.4) is 0 Å². The summed E-state index contributed by atoms with van der Waals surface area (Å²) in [6, 6.07) is 6.41. The molecule has 6 heteroatoms. The lowest BCUT2D eigenvalue weighted by atomic mass is 10.2. The van der Waals surface area contributed by atoms with Crippen LogP contribution in [0.1, 0.15) is 25.2 Å². The molecule has 0 bridgehead atoms. The highest BCUT2D eigenvalue weighted by Gasteiger charge is 2.23. The second-order valence-corrected chi connectivity index (χ2v) is 5.28. The molecule has 21 heavy (non-hydrogen) atoms. The summed E-state index contributed by atoms with van der Waals surface area (Å²) in [6.07, 6.45) is 5.59. The Labute approximate surface area is 122 Å². The maximum Gasteiger partial charge on any atom is 0.158 e. The zero-order chi connectivity index (χ0) is 14.2. The molecule has 3 aromatic rings. The lowest BCUT2D eigenvalue weighted by molar-refractivity contribution is 0.184. The SMILES string of the molecule is CCc1nc(-c2ccn3nccc3c2)n(C2CCOC2)n1. The van der Waals surface area contributed by atoms with E-state index in [0.29, 0.717) is 6.61 Å². The molecule has 1 unspecified atom stereocenters. The molecule has 1 aliphatic heterocycles. The van der Waals surface area contributed by atoms with E-state index in [1.165, 1.54) is 0 Å². The third kappa shape index (κ3) is 2.12. The number of aryl methyl sites for hydroxylation is 1. The van der Waals surface area contributed by atoms with Gasteiger partial charge in [0.15, 0.2) is 11.6 Å². The van der Waals surface area contributed by atoms with Gasteiger partial charge in [-0.15, -0.1) is 0 Å². The highest BCUT2D eigenvalue weighted by atomic mass is 16.5. The topological polar surface area (TPSA) is 57.2 Å². The largest absolute Gasteiger partial charge is 0.379 e. The van der Waals surface area contributed by atoms with Crippen molar-refractivity contribution in [2.75, 3.05) is 13.2 Å². The summed E-state index contributed by atoms with van der Waals surface area (Å²) in [4.78, 5) is 4.70. The van der Waals surface area contributed by atoms with Gasteiger partial charge in [-0.1, -0.05) is 6.92 Å². The summed E-state index contributed by atoms with van der Waals surface area (Å²) in [7, 11) is 0. The standard InChI is InChI=1S/C15H17N5O/c1-2-14-17-15(20(18-14)13-5-8-21-10-13)11-4-7-19-12(9-11)3-6-16-19/h3-4,6-7,9,13H,2,5,8,10H2,1H3. The summed E-state index contributed by atoms with van der Waals surface area (Å²) in [5.74, 6) is 1.80. The van der Waals surface area contributed by atoms with Crippen LogP contribution in [-0.2, 0) is 11.2 Å². The zero-order valence-corrected chi connectivity index (χ0v) is 11.9. The van der Waals surface area contributed by atoms with E-state index in [1.807, 2.05) is 27.5 Å². The Morgan fingerprint density at radius 1 is 1.38 bits per heavy atom. The first-order valence-electron chi connectivity index (χ1n) is 7.32. The molecule has 0 aromatic carbocycles. The van der Waals surface area contributed by atoms with Gasteiger partial charge in [-0.05, 0) is 24.6 Å². The highest BCUT2D eigenvalue weighted by Crippen LogP contribution is 2.26. The molecule has 1 atom stereocenters. The number of aromatic nitrogens is 5. The number of ether oxygens (including phenoxy) is 1. The predicted molar refractivity (Wildman–Crippen MR) is 78.1 cm³/mol. The van der Waals surface area contributed by atoms with E-state index < -0.39 is 0 Å². The molecule has 4 heterocycles. The fraction of sp³-hybridized carbons (Fsp3) is 0.400. The average Bonchev–Trinajstić information content (AvgIpc) is 3.24. The third-order valence-corrected chi connectivity index (χ3v) is 3.90. The quantitative estimate of drug-likeness (QED) is 0.739. The monoisotopic (exact) mass is 283 g/mol. The van der Waals surface area contributed by atoms with Crippen LogP contribution < -0.4 is 0 Å². The molecule has 108 valence electrons. The molecule has 0 spiro atoms. The second-order valence-electron chi connectivity index (χ2n) is 5.28. The van der Waals surface area contributed by atoms with Gasteiger partial charge >= 0.3 is 0 Å². The highest BCUT2D eigenvalue weighted by molar-refractivity contribution is 5.63. The van der Waals surface area contributed by atoms with Gasteiger partial charge < -0.3 is 4.74 Å². The molecule has 3 aromatic heterocycles. The van der Waals surface area contributed by atoms with Gasteiger partial charge in [0.1, 0.15) is 0 Å². The maximum atomic E-state index is 5.50. The molecule has 1 fully saturated rings. The van der Waals surface area contributed by atoms with E-state index in [0.717, 1.165) is 42.2 Å². The summed E-state index contributed by atoms with van der Waals surface area (Å²) in [5.41, 5.74) is 2.13. The number of nitrogens with zero attached hydrogens (tertiary/aromatic N) is 5. The molecular weight excluding hydrogens is 266 g/mol. The van der Waals surface area contributed by atoms with Gasteiger partial charge in [0.25, 0.3) is 0 Å². The number of fused-ring (bicyclic) bond motifs is 1. The van der Waals surface area contributed by atoms with E-state index >= 15 is 0 Å². The summed E-state index contributed by atoms with van der Waals surface area (Å²) in [6.45, 7) is 3.59. The van der Waals surface area contributed by atoms with Crippen molar-refractivity contribution in [2.24, 2.45) is 0 Å². The van der Waals surface area contributed by atoms with Gasteiger partial charge in [0.05, 0.1) is 18.2 Å². The Morgan fingerprint density at radius 3 is 3.14 bits per heavy atom. The molecular formula is C15H17N5O. The van der Waals surface area contributed by atoms with Crippen molar-refractivity contribution in [1.82, 2.24) is 24.4 Å². The number of hydrogen-bond donors (Lipinski definition) is 0. The van der Waals surface area contributed by atoms with Crippen LogP contribution in [0.15, 0.2) is 30.6 Å². The lowest BCUT2D eigenvalue weighted by Gasteiger charge is -2.11. The van der Waals surface area contributed by atoms with E-state index in [-0.39, 0.29) is 6.04 Å². The van der Waals surface area contributed by atoms with Crippen LogP contribution in [0.25, 0.3) is 16.9 Å². The van der Waals surface area contributed by atoms with Crippen LogP contribution in [0.5, 0.6) is 0 Å². The Hall–Kier alpha value is -2.21. The van der Waals surface area contributed by atoms with E-state index in [9.17, 15) is 0 Å². The number of pyridine rings is 1. The van der Waals surface area contributed by atoms with Crippen LogP contribution >= 0.6 is 0 Å². The smallest absolute Gasteiger partial charge is 0.158 e. The van der Waals surface area contributed by atoms with E-state index in [4.69, 9.17) is 9.72 Å². The zero-order valence-electron chi connectivity index (χ0n) is 11.9. The molecule has 0 saturated carbocycles. The Balaban J connectivity index is 1.83. The van der Waals surface area contributed by atoms with Crippen molar-refractivity contribution in [3.8, 4) is 11.4 Å². The first-order valence-corrected chi connectivity index (χ1v) is 7.32. The molecule has 4 rings (SSSR count). The summed E-state index contributed by atoms with van der Waals surface area (Å²) in [5, 5.41) is 8.89. The molecule has 0 N–H and O–H groups in total. The fourth-order valence-corrected chi connectivity index (χ4v) is 2.74. The molecule has 1 saturated heterocycles. The van der Waals surface area contributed by atoms with Gasteiger partial charge in [0.2, 0.25) is 0 Å². The molecule has 1 aliphatic rings. The van der Waals surface area contributed by atoms with Gasteiger partial charge in [-0.3, -0.25) is 0 Å². The second kappa shape index (κ2) is 4.96. The van der Waals surface area contributed by atoms with Crippen LogP contribution in [0.4, 0.5) is 0 Å². The number of hydrogen-bond acceptors (Lipinski definition) is 4. The van der Waals surface area contributed by atoms with E-state index in [2.05, 4.69) is 23.2 Å². The Kier molecular flexibility index (Phi) is 2.96. The van der Waals surface area contributed by atoms with Crippen LogP contribution in [-0.4, -0.2) is 37.6 Å². The van der Waals surface area contributed by atoms with Crippen molar-refractivity contribution >= 4 is 5.52 Å². The molecule has 0 aliphatic carbocycles. The van der Waals surface area contributed by atoms with Crippen LogP contribution in [0.2, 0.25) is 0 Å². The molecule has 0 amide bonds. The van der Waals surface area contributed by atoms with Crippen molar-refractivity contribution in [3.63, 3.8) is 0 Å². The number of rotatable bonds is 3. The minimum atomic E-state index is 0.286. The van der Waals surface area contributed by atoms with Crippen molar-refractivity contribution in [3.05, 3.63) is 36.4 Å². The van der Waals surface area contributed by atoms with Crippen molar-refractivity contribution < 1.29 is 4.74 Å². The first-order chi connectivity index (χ1) is 10.3.